The first kappa shape index (κ1) is 15.2. The molecule has 1 fully saturated rings. The van der Waals surface area contributed by atoms with Crippen LogP contribution in [0, 0.1) is 12.8 Å². The highest BCUT2D eigenvalue weighted by Crippen LogP contribution is 2.39. The molecule has 2 aromatic heterocycles. The summed E-state index contributed by atoms with van der Waals surface area (Å²) in [4.78, 5) is 12.1. The lowest BCUT2D eigenvalue weighted by Crippen LogP contribution is -2.37. The Labute approximate surface area is 129 Å². The number of aromatic nitrogens is 2. The van der Waals surface area contributed by atoms with Gasteiger partial charge in [0.2, 0.25) is 0 Å². The van der Waals surface area contributed by atoms with Crippen molar-refractivity contribution in [1.82, 2.24) is 9.61 Å². The molecule has 0 amide bonds. The lowest BCUT2D eigenvalue weighted by molar-refractivity contribution is -0.0618. The van der Waals surface area contributed by atoms with E-state index in [4.69, 9.17) is 4.74 Å². The predicted octanol–water partition coefficient (Wildman–Crippen LogP) is 2.48. The molecule has 1 aliphatic rings. The summed E-state index contributed by atoms with van der Waals surface area (Å²) < 4.78 is 7.13. The number of hydrogen-bond acceptors (Lipinski definition) is 4. The number of ether oxygens (including phenoxy) is 1. The largest absolute Gasteiger partial charge is 0.384 e. The van der Waals surface area contributed by atoms with Crippen LogP contribution in [0.5, 0.6) is 0 Å². The summed E-state index contributed by atoms with van der Waals surface area (Å²) in [5, 5.41) is 15.6. The summed E-state index contributed by atoms with van der Waals surface area (Å²) in [7, 11) is 0. The fourth-order valence-electron chi connectivity index (χ4n) is 3.70. The van der Waals surface area contributed by atoms with Crippen LogP contribution in [0.25, 0.3) is 5.52 Å². The van der Waals surface area contributed by atoms with Gasteiger partial charge in [0, 0.05) is 25.0 Å². The molecule has 0 bridgehead atoms. The number of carbonyl (C=O) groups excluding carboxylic acids is 1. The zero-order valence-electron chi connectivity index (χ0n) is 13.3. The Morgan fingerprint density at radius 1 is 1.45 bits per heavy atom. The highest BCUT2D eigenvalue weighted by molar-refractivity contribution is 6.03. The van der Waals surface area contributed by atoms with Crippen molar-refractivity contribution in [2.45, 2.75) is 39.2 Å². The third-order valence-corrected chi connectivity index (χ3v) is 4.80. The highest BCUT2D eigenvalue weighted by Gasteiger charge is 2.40. The van der Waals surface area contributed by atoms with Crippen LogP contribution in [0.1, 0.15) is 48.3 Å². The number of carbonyl (C=O) groups is 1. The first-order valence-electron chi connectivity index (χ1n) is 7.72. The first-order chi connectivity index (χ1) is 10.4. The lowest BCUT2D eigenvalue weighted by atomic mass is 9.79. The minimum Gasteiger partial charge on any atom is -0.384 e. The average Bonchev–Trinajstić information content (AvgIpc) is 2.80. The third kappa shape index (κ3) is 2.25. The van der Waals surface area contributed by atoms with Crippen molar-refractivity contribution in [3.63, 3.8) is 0 Å². The van der Waals surface area contributed by atoms with E-state index in [1.165, 1.54) is 0 Å². The van der Waals surface area contributed by atoms with Gasteiger partial charge in [-0.05, 0) is 57.2 Å². The molecule has 0 aromatic carbocycles. The summed E-state index contributed by atoms with van der Waals surface area (Å²) in [6.07, 6.45) is 3.30. The van der Waals surface area contributed by atoms with Gasteiger partial charge in [0.1, 0.15) is 5.60 Å². The van der Waals surface area contributed by atoms with Crippen LogP contribution in [0.2, 0.25) is 0 Å². The summed E-state index contributed by atoms with van der Waals surface area (Å²) in [5.74, 6) is 0.0943. The second-order valence-electron chi connectivity index (χ2n) is 6.26. The van der Waals surface area contributed by atoms with Crippen molar-refractivity contribution in [3.8, 4) is 0 Å². The Hall–Kier alpha value is -1.72. The standard InChI is InChI=1S/C17H22N2O3/c1-11-15(12(2)20)14-5-4-8-18-19(14)16(11)17(3,21)13-6-9-22-10-7-13/h4-5,8,13,21H,6-7,9-10H2,1-3H3. The average molecular weight is 302 g/mol. The molecule has 22 heavy (non-hydrogen) atoms. The zero-order chi connectivity index (χ0) is 15.9. The second kappa shape index (κ2) is 5.48. The summed E-state index contributed by atoms with van der Waals surface area (Å²) in [5.41, 5.74) is 1.91. The van der Waals surface area contributed by atoms with E-state index >= 15 is 0 Å². The number of aliphatic hydroxyl groups is 1. The highest BCUT2D eigenvalue weighted by atomic mass is 16.5. The third-order valence-electron chi connectivity index (χ3n) is 4.80. The van der Waals surface area contributed by atoms with Crippen LogP contribution in [0.4, 0.5) is 0 Å². The molecule has 1 aliphatic heterocycles. The van der Waals surface area contributed by atoms with E-state index < -0.39 is 5.60 Å². The second-order valence-corrected chi connectivity index (χ2v) is 6.26. The van der Waals surface area contributed by atoms with Crippen molar-refractivity contribution in [3.05, 3.63) is 35.2 Å². The van der Waals surface area contributed by atoms with Gasteiger partial charge in [0.25, 0.3) is 0 Å². The number of nitrogens with zero attached hydrogens (tertiary/aromatic N) is 2. The van der Waals surface area contributed by atoms with Crippen LogP contribution in [-0.4, -0.2) is 33.7 Å². The fourth-order valence-corrected chi connectivity index (χ4v) is 3.70. The molecule has 1 N–H and O–H groups in total. The quantitative estimate of drug-likeness (QED) is 0.885. The Morgan fingerprint density at radius 3 is 2.77 bits per heavy atom. The zero-order valence-corrected chi connectivity index (χ0v) is 13.3. The van der Waals surface area contributed by atoms with E-state index in [0.29, 0.717) is 18.8 Å². The van der Waals surface area contributed by atoms with Gasteiger partial charge >= 0.3 is 0 Å². The maximum Gasteiger partial charge on any atom is 0.162 e. The number of ketones is 1. The van der Waals surface area contributed by atoms with E-state index in [1.807, 2.05) is 26.0 Å². The molecule has 3 rings (SSSR count). The smallest absolute Gasteiger partial charge is 0.162 e. The SMILES string of the molecule is CC(=O)c1c(C)c(C(C)(O)C2CCOCC2)n2ncccc12. The number of Topliss-reactive ketones (excluding diaryl/α,β-unsaturated/α-hetero) is 1. The maximum atomic E-state index is 12.1. The maximum absolute atomic E-state index is 12.1. The number of fused-ring (bicyclic) bond motifs is 1. The molecule has 0 aliphatic carbocycles. The molecule has 118 valence electrons. The lowest BCUT2D eigenvalue weighted by Gasteiger charge is -2.35. The van der Waals surface area contributed by atoms with Crippen molar-refractivity contribution < 1.29 is 14.6 Å². The van der Waals surface area contributed by atoms with Crippen LogP contribution in [-0.2, 0) is 10.3 Å². The molecule has 0 saturated carbocycles. The molecule has 5 nitrogen and oxygen atoms in total. The van der Waals surface area contributed by atoms with Gasteiger partial charge in [-0.15, -0.1) is 0 Å². The normalized spacial score (nSPS) is 19.3. The van der Waals surface area contributed by atoms with Crippen LogP contribution >= 0.6 is 0 Å². The Morgan fingerprint density at radius 2 is 2.14 bits per heavy atom. The summed E-state index contributed by atoms with van der Waals surface area (Å²) in [6.45, 7) is 6.61. The minimum atomic E-state index is -1.04. The van der Waals surface area contributed by atoms with Crippen molar-refractivity contribution >= 4 is 11.3 Å². The van der Waals surface area contributed by atoms with E-state index in [0.717, 1.165) is 29.6 Å². The monoisotopic (exact) mass is 302 g/mol. The van der Waals surface area contributed by atoms with Gasteiger partial charge < -0.3 is 9.84 Å². The van der Waals surface area contributed by atoms with Crippen LogP contribution in [0.3, 0.4) is 0 Å². The molecule has 0 radical (unpaired) electrons. The summed E-state index contributed by atoms with van der Waals surface area (Å²) >= 11 is 0. The molecule has 5 heteroatoms. The Bertz CT molecular complexity index is 712. The van der Waals surface area contributed by atoms with E-state index in [2.05, 4.69) is 5.10 Å². The van der Waals surface area contributed by atoms with Crippen molar-refractivity contribution in [1.29, 1.82) is 0 Å². The molecule has 2 aromatic rings. The van der Waals surface area contributed by atoms with Crippen molar-refractivity contribution in [2.75, 3.05) is 13.2 Å². The van der Waals surface area contributed by atoms with Crippen LogP contribution < -0.4 is 0 Å². The predicted molar refractivity (Wildman–Crippen MR) is 83.0 cm³/mol. The molecule has 1 atom stereocenters. The number of hydrogen-bond donors (Lipinski definition) is 1. The molecule has 0 spiro atoms. The van der Waals surface area contributed by atoms with E-state index in [9.17, 15) is 9.90 Å². The van der Waals surface area contributed by atoms with Gasteiger partial charge in [-0.1, -0.05) is 0 Å². The number of rotatable bonds is 3. The molecule has 1 unspecified atom stereocenters. The molecule has 1 saturated heterocycles. The minimum absolute atomic E-state index is 0.00275. The van der Waals surface area contributed by atoms with Gasteiger partial charge in [0.15, 0.2) is 5.78 Å². The van der Waals surface area contributed by atoms with Gasteiger partial charge in [-0.3, -0.25) is 4.79 Å². The van der Waals surface area contributed by atoms with E-state index in [1.54, 1.807) is 17.6 Å². The van der Waals surface area contributed by atoms with Gasteiger partial charge in [-0.2, -0.15) is 5.10 Å². The van der Waals surface area contributed by atoms with Crippen molar-refractivity contribution in [2.24, 2.45) is 5.92 Å². The van der Waals surface area contributed by atoms with Gasteiger partial charge in [0.05, 0.1) is 11.2 Å². The van der Waals surface area contributed by atoms with E-state index in [-0.39, 0.29) is 11.7 Å². The Balaban J connectivity index is 2.21. The fraction of sp³-hybridized carbons (Fsp3) is 0.529. The summed E-state index contributed by atoms with van der Waals surface area (Å²) in [6, 6.07) is 3.69. The first-order valence-corrected chi connectivity index (χ1v) is 7.72. The molecule has 3 heterocycles. The molecular formula is C17H22N2O3. The van der Waals surface area contributed by atoms with Crippen LogP contribution in [0.15, 0.2) is 18.3 Å². The van der Waals surface area contributed by atoms with Gasteiger partial charge in [-0.25, -0.2) is 4.52 Å². The molecular weight excluding hydrogens is 280 g/mol. The Kier molecular flexibility index (Phi) is 3.78. The topological polar surface area (TPSA) is 63.8 Å².